The Labute approximate surface area is 210 Å². The summed E-state index contributed by atoms with van der Waals surface area (Å²) >= 11 is 0. The number of carbonyl (C=O) groups excluding carboxylic acids is 2. The van der Waals surface area contributed by atoms with Crippen LogP contribution in [0.25, 0.3) is 16.5 Å². The number of nitrogens with one attached hydrogen (secondary N) is 1. The molecule has 0 bridgehead atoms. The molecule has 8 heteroatoms. The number of hydrogen-bond donors (Lipinski definition) is 2. The van der Waals surface area contributed by atoms with Crippen molar-refractivity contribution in [3.63, 3.8) is 0 Å². The number of fused-ring (bicyclic) bond motifs is 1. The summed E-state index contributed by atoms with van der Waals surface area (Å²) in [5, 5.41) is 14.7. The van der Waals surface area contributed by atoms with E-state index in [4.69, 9.17) is 4.74 Å². The van der Waals surface area contributed by atoms with E-state index in [-0.39, 0.29) is 12.0 Å². The first-order chi connectivity index (χ1) is 17.5. The fourth-order valence-corrected chi connectivity index (χ4v) is 5.04. The number of rotatable bonds is 5. The van der Waals surface area contributed by atoms with Gasteiger partial charge in [-0.2, -0.15) is 0 Å². The lowest BCUT2D eigenvalue weighted by molar-refractivity contribution is -0.169. The molecule has 1 saturated heterocycles. The van der Waals surface area contributed by atoms with Gasteiger partial charge in [-0.25, -0.2) is 5.06 Å². The molecule has 2 amide bonds. The molecule has 186 valence electrons. The molecular weight excluding hydrogens is 456 g/mol. The van der Waals surface area contributed by atoms with E-state index in [0.29, 0.717) is 36.9 Å². The Morgan fingerprint density at radius 2 is 1.97 bits per heavy atom. The maximum Gasteiger partial charge on any atom is 0.251 e. The molecule has 0 aliphatic carbocycles. The molecule has 2 aliphatic rings. The molecule has 3 atom stereocenters. The van der Waals surface area contributed by atoms with E-state index in [9.17, 15) is 14.8 Å². The van der Waals surface area contributed by atoms with Gasteiger partial charge < -0.3 is 15.0 Å². The maximum absolute atomic E-state index is 13.5. The predicted octanol–water partition coefficient (Wildman–Crippen LogP) is 3.12. The molecule has 0 saturated carbocycles. The summed E-state index contributed by atoms with van der Waals surface area (Å²) in [5.74, 6) is -0.707. The number of aromatic nitrogens is 1. The smallest absolute Gasteiger partial charge is 0.251 e. The molecule has 1 fully saturated rings. The zero-order valence-corrected chi connectivity index (χ0v) is 20.2. The average Bonchev–Trinajstić information content (AvgIpc) is 2.92. The second kappa shape index (κ2) is 10.5. The number of hydroxylamine groups is 2. The van der Waals surface area contributed by atoms with Crippen molar-refractivity contribution in [2.24, 2.45) is 5.92 Å². The quantitative estimate of drug-likeness (QED) is 0.425. The van der Waals surface area contributed by atoms with E-state index in [2.05, 4.69) is 28.5 Å². The topological polar surface area (TPSA) is 95.0 Å². The van der Waals surface area contributed by atoms with Crippen LogP contribution in [-0.2, 0) is 9.59 Å². The Hall–Kier alpha value is -3.75. The highest BCUT2D eigenvalue weighted by Gasteiger charge is 2.42. The molecule has 3 aromatic rings. The molecule has 8 nitrogen and oxygen atoms in total. The van der Waals surface area contributed by atoms with E-state index in [1.807, 2.05) is 48.5 Å². The maximum atomic E-state index is 13.5. The molecule has 2 aliphatic heterocycles. The van der Waals surface area contributed by atoms with Crippen LogP contribution in [0.3, 0.4) is 0 Å². The minimum Gasteiger partial charge on any atom is -0.489 e. The Kier molecular flexibility index (Phi) is 6.97. The standard InChI is InChI=1S/C28H30N4O4/c1-31(35)27(33)24-17-23(36-22-9-10-25-21(16-22)8-5-13-29-25)18-30-26(24)28(34)32-14-11-20(12-15-32)19-6-3-2-4-7-19/h2-11,13,16,23-24,26,30,35H,12,14-15,17-18H2,1H3/t23-,24-,26-/m0/s1. The SMILES string of the molecule is CN(O)C(=O)[C@H]1C[C@H](Oc2ccc3ncccc3c2)CN[C@@H]1C(=O)N1CC=C(c2ccccc2)CC1. The summed E-state index contributed by atoms with van der Waals surface area (Å²) < 4.78 is 6.18. The van der Waals surface area contributed by atoms with Gasteiger partial charge >= 0.3 is 0 Å². The van der Waals surface area contributed by atoms with Crippen molar-refractivity contribution in [2.75, 3.05) is 26.7 Å². The molecule has 3 heterocycles. The zero-order chi connectivity index (χ0) is 25.1. The van der Waals surface area contributed by atoms with Crippen LogP contribution < -0.4 is 10.1 Å². The van der Waals surface area contributed by atoms with E-state index >= 15 is 0 Å². The Morgan fingerprint density at radius 3 is 2.72 bits per heavy atom. The third-order valence-corrected chi connectivity index (χ3v) is 6.93. The van der Waals surface area contributed by atoms with Crippen molar-refractivity contribution >= 4 is 28.3 Å². The van der Waals surface area contributed by atoms with E-state index in [1.54, 1.807) is 11.1 Å². The summed E-state index contributed by atoms with van der Waals surface area (Å²) in [6.07, 6.45) is 4.56. The molecule has 0 radical (unpaired) electrons. The van der Waals surface area contributed by atoms with Gasteiger partial charge in [0.2, 0.25) is 5.91 Å². The molecule has 2 aromatic carbocycles. The average molecular weight is 487 g/mol. The van der Waals surface area contributed by atoms with Crippen LogP contribution in [0.2, 0.25) is 0 Å². The number of benzene rings is 2. The van der Waals surface area contributed by atoms with Gasteiger partial charge in [-0.3, -0.25) is 19.8 Å². The molecule has 0 spiro atoms. The fraction of sp³-hybridized carbons (Fsp3) is 0.321. The number of hydrogen-bond acceptors (Lipinski definition) is 6. The van der Waals surface area contributed by atoms with Crippen LogP contribution in [0.15, 0.2) is 72.9 Å². The third kappa shape index (κ3) is 5.10. The van der Waals surface area contributed by atoms with Crippen LogP contribution in [0.5, 0.6) is 5.75 Å². The second-order valence-electron chi connectivity index (χ2n) is 9.32. The third-order valence-electron chi connectivity index (χ3n) is 6.93. The highest BCUT2D eigenvalue weighted by atomic mass is 16.5. The van der Waals surface area contributed by atoms with Crippen LogP contribution >= 0.6 is 0 Å². The van der Waals surface area contributed by atoms with E-state index in [0.717, 1.165) is 17.3 Å². The Balaban J connectivity index is 1.28. The van der Waals surface area contributed by atoms with E-state index in [1.165, 1.54) is 18.2 Å². The van der Waals surface area contributed by atoms with Gasteiger partial charge in [-0.1, -0.05) is 42.5 Å². The summed E-state index contributed by atoms with van der Waals surface area (Å²) in [4.78, 5) is 32.5. The lowest BCUT2D eigenvalue weighted by atomic mass is 9.87. The fourth-order valence-electron chi connectivity index (χ4n) is 5.04. The van der Waals surface area contributed by atoms with Crippen molar-refractivity contribution in [3.05, 3.63) is 78.5 Å². The first kappa shape index (κ1) is 24.0. The van der Waals surface area contributed by atoms with Crippen LogP contribution in [-0.4, -0.2) is 70.8 Å². The largest absolute Gasteiger partial charge is 0.489 e. The number of ether oxygens (including phenoxy) is 1. The summed E-state index contributed by atoms with van der Waals surface area (Å²) in [5.41, 5.74) is 3.26. The zero-order valence-electron chi connectivity index (χ0n) is 20.2. The lowest BCUT2D eigenvalue weighted by Crippen LogP contribution is -2.60. The number of amides is 2. The minimum absolute atomic E-state index is 0.131. The van der Waals surface area contributed by atoms with Gasteiger partial charge in [0.15, 0.2) is 0 Å². The summed E-state index contributed by atoms with van der Waals surface area (Å²) in [6.45, 7) is 1.49. The van der Waals surface area contributed by atoms with E-state index < -0.39 is 17.9 Å². The number of pyridine rings is 1. The van der Waals surface area contributed by atoms with Gasteiger partial charge in [-0.15, -0.1) is 0 Å². The molecule has 5 rings (SSSR count). The van der Waals surface area contributed by atoms with Crippen molar-refractivity contribution in [1.82, 2.24) is 20.3 Å². The first-order valence-corrected chi connectivity index (χ1v) is 12.2. The molecule has 0 unspecified atom stereocenters. The highest BCUT2D eigenvalue weighted by Crippen LogP contribution is 2.28. The van der Waals surface area contributed by atoms with Crippen molar-refractivity contribution in [1.29, 1.82) is 0 Å². The van der Waals surface area contributed by atoms with Gasteiger partial charge in [0.1, 0.15) is 11.9 Å². The predicted molar refractivity (Wildman–Crippen MR) is 136 cm³/mol. The summed E-state index contributed by atoms with van der Waals surface area (Å²) in [7, 11) is 1.29. The van der Waals surface area contributed by atoms with Crippen molar-refractivity contribution in [2.45, 2.75) is 25.0 Å². The molecule has 1 aromatic heterocycles. The minimum atomic E-state index is -0.743. The van der Waals surface area contributed by atoms with Crippen LogP contribution in [0.1, 0.15) is 18.4 Å². The van der Waals surface area contributed by atoms with Gasteiger partial charge in [0.25, 0.3) is 5.91 Å². The number of carbonyl (C=O) groups is 2. The lowest BCUT2D eigenvalue weighted by Gasteiger charge is -2.39. The van der Waals surface area contributed by atoms with Crippen LogP contribution in [0, 0.1) is 5.92 Å². The Bertz CT molecular complexity index is 1280. The number of nitrogens with zero attached hydrogens (tertiary/aromatic N) is 3. The van der Waals surface area contributed by atoms with Gasteiger partial charge in [-0.05, 0) is 48.2 Å². The van der Waals surface area contributed by atoms with Crippen LogP contribution in [0.4, 0.5) is 0 Å². The highest BCUT2D eigenvalue weighted by molar-refractivity contribution is 5.90. The van der Waals surface area contributed by atoms with Gasteiger partial charge in [0.05, 0.1) is 17.5 Å². The molecule has 2 N–H and O–H groups in total. The monoisotopic (exact) mass is 486 g/mol. The first-order valence-electron chi connectivity index (χ1n) is 12.2. The second-order valence-corrected chi connectivity index (χ2v) is 9.32. The number of piperidine rings is 1. The molecular formula is C28H30N4O4. The summed E-state index contributed by atoms with van der Waals surface area (Å²) in [6, 6.07) is 18.9. The van der Waals surface area contributed by atoms with Crippen molar-refractivity contribution in [3.8, 4) is 5.75 Å². The molecule has 36 heavy (non-hydrogen) atoms. The normalized spacial score (nSPS) is 22.1. The van der Waals surface area contributed by atoms with Crippen molar-refractivity contribution < 1.29 is 19.5 Å². The van der Waals surface area contributed by atoms with Gasteiger partial charge in [0, 0.05) is 38.3 Å². The Morgan fingerprint density at radius 1 is 1.14 bits per heavy atom.